The Morgan fingerprint density at radius 3 is 1.92 bits per heavy atom. The maximum atomic E-state index is 12.5. The van der Waals surface area contributed by atoms with Gasteiger partial charge < -0.3 is 5.11 Å². The van der Waals surface area contributed by atoms with Crippen LogP contribution in [-0.2, 0) is 0 Å². The summed E-state index contributed by atoms with van der Waals surface area (Å²) in [5.74, 6) is -4.09. The number of benzene rings is 1. The highest BCUT2D eigenvalue weighted by atomic mass is 19.2. The molecule has 0 saturated carbocycles. The Labute approximate surface area is 67.5 Å². The Morgan fingerprint density at radius 1 is 1.17 bits per heavy atom. The van der Waals surface area contributed by atoms with Crippen LogP contribution in [0.3, 0.4) is 0 Å². The van der Waals surface area contributed by atoms with Crippen LogP contribution in [0.25, 0.3) is 0 Å². The second-order valence-electron chi connectivity index (χ2n) is 2.47. The van der Waals surface area contributed by atoms with Crippen molar-refractivity contribution in [2.45, 2.75) is 13.0 Å². The zero-order valence-corrected chi connectivity index (χ0v) is 6.31. The van der Waals surface area contributed by atoms with Crippen molar-refractivity contribution in [3.05, 3.63) is 35.1 Å². The highest BCUT2D eigenvalue weighted by molar-refractivity contribution is 5.20. The summed E-state index contributed by atoms with van der Waals surface area (Å²) in [6, 6.07) is 1.53. The number of aliphatic hydroxyl groups excluding tert-OH is 1. The fourth-order valence-electron chi connectivity index (χ4n) is 0.816. The van der Waals surface area contributed by atoms with Gasteiger partial charge in [-0.3, -0.25) is 0 Å². The highest BCUT2D eigenvalue weighted by Gasteiger charge is 2.12. The Balaban J connectivity index is 3.21. The van der Waals surface area contributed by atoms with Crippen LogP contribution in [0.15, 0.2) is 12.1 Å². The maximum Gasteiger partial charge on any atom is 0.194 e. The molecule has 0 radical (unpaired) electrons. The number of halogens is 3. The van der Waals surface area contributed by atoms with E-state index in [1.165, 1.54) is 6.92 Å². The fourth-order valence-corrected chi connectivity index (χ4v) is 0.816. The maximum absolute atomic E-state index is 12.5. The first-order chi connectivity index (χ1) is 5.52. The third-order valence-corrected chi connectivity index (χ3v) is 1.49. The molecule has 1 rings (SSSR count). The lowest BCUT2D eigenvalue weighted by atomic mass is 10.1. The molecule has 0 fully saturated rings. The molecule has 0 aliphatic carbocycles. The summed E-state index contributed by atoms with van der Waals surface area (Å²) in [6.07, 6.45) is -1.01. The van der Waals surface area contributed by atoms with Crippen LogP contribution in [-0.4, -0.2) is 5.11 Å². The van der Waals surface area contributed by atoms with Gasteiger partial charge in [-0.15, -0.1) is 0 Å². The molecule has 1 nitrogen and oxygen atoms in total. The van der Waals surface area contributed by atoms with Crippen molar-refractivity contribution < 1.29 is 18.3 Å². The van der Waals surface area contributed by atoms with Crippen LogP contribution in [0, 0.1) is 17.5 Å². The molecule has 0 spiro atoms. The van der Waals surface area contributed by atoms with Gasteiger partial charge in [0, 0.05) is 0 Å². The molecule has 0 saturated heterocycles. The van der Waals surface area contributed by atoms with Crippen molar-refractivity contribution in [3.8, 4) is 0 Å². The van der Waals surface area contributed by atoms with Crippen LogP contribution in [0.5, 0.6) is 0 Å². The van der Waals surface area contributed by atoms with E-state index in [0.29, 0.717) is 0 Å². The predicted molar refractivity (Wildman–Crippen MR) is 36.9 cm³/mol. The molecule has 1 aromatic carbocycles. The summed E-state index contributed by atoms with van der Waals surface area (Å²) in [4.78, 5) is 0. The largest absolute Gasteiger partial charge is 0.389 e. The third-order valence-electron chi connectivity index (χ3n) is 1.49. The second kappa shape index (κ2) is 3.15. The summed E-state index contributed by atoms with van der Waals surface area (Å²) in [7, 11) is 0. The number of aliphatic hydroxyl groups is 1. The lowest BCUT2D eigenvalue weighted by Gasteiger charge is -2.04. The summed E-state index contributed by atoms with van der Waals surface area (Å²) >= 11 is 0. The molecular formula is C8H7F3O. The van der Waals surface area contributed by atoms with E-state index >= 15 is 0 Å². The first-order valence-electron chi connectivity index (χ1n) is 3.35. The highest BCUT2D eigenvalue weighted by Crippen LogP contribution is 2.18. The third kappa shape index (κ3) is 1.58. The number of hydrogen-bond acceptors (Lipinski definition) is 1. The van der Waals surface area contributed by atoms with E-state index in [2.05, 4.69) is 0 Å². The SMILES string of the molecule is C[C@H](O)c1cc(F)c(F)c(F)c1. The minimum absolute atomic E-state index is 0.0198. The van der Waals surface area contributed by atoms with E-state index in [0.717, 1.165) is 12.1 Å². The Morgan fingerprint density at radius 2 is 1.58 bits per heavy atom. The molecule has 0 aromatic heterocycles. The quantitative estimate of drug-likeness (QED) is 0.650. The van der Waals surface area contributed by atoms with E-state index in [4.69, 9.17) is 5.11 Å². The van der Waals surface area contributed by atoms with Crippen LogP contribution < -0.4 is 0 Å². The van der Waals surface area contributed by atoms with Crippen LogP contribution in [0.2, 0.25) is 0 Å². The van der Waals surface area contributed by atoms with Gasteiger partial charge in [-0.2, -0.15) is 0 Å². The van der Waals surface area contributed by atoms with Gasteiger partial charge in [-0.1, -0.05) is 0 Å². The molecule has 1 N–H and O–H groups in total. The molecule has 0 unspecified atom stereocenters. The topological polar surface area (TPSA) is 20.2 Å². The van der Waals surface area contributed by atoms with E-state index in [1.54, 1.807) is 0 Å². The number of hydrogen-bond donors (Lipinski definition) is 1. The summed E-state index contributed by atoms with van der Waals surface area (Å²) in [6.45, 7) is 1.34. The van der Waals surface area contributed by atoms with Gasteiger partial charge >= 0.3 is 0 Å². The zero-order valence-electron chi connectivity index (χ0n) is 6.31. The van der Waals surface area contributed by atoms with E-state index < -0.39 is 23.6 Å². The minimum Gasteiger partial charge on any atom is -0.389 e. The van der Waals surface area contributed by atoms with E-state index in [-0.39, 0.29) is 5.56 Å². The van der Waals surface area contributed by atoms with Gasteiger partial charge in [-0.25, -0.2) is 13.2 Å². The van der Waals surface area contributed by atoms with Crippen molar-refractivity contribution in [1.29, 1.82) is 0 Å². The monoisotopic (exact) mass is 176 g/mol. The van der Waals surface area contributed by atoms with E-state index in [1.807, 2.05) is 0 Å². The number of rotatable bonds is 1. The van der Waals surface area contributed by atoms with Gasteiger partial charge in [0.15, 0.2) is 17.5 Å². The average molecular weight is 176 g/mol. The second-order valence-corrected chi connectivity index (χ2v) is 2.47. The van der Waals surface area contributed by atoms with Gasteiger partial charge in [0.25, 0.3) is 0 Å². The molecule has 4 heteroatoms. The minimum atomic E-state index is -1.51. The normalized spacial score (nSPS) is 13.1. The van der Waals surface area contributed by atoms with Gasteiger partial charge in [0.2, 0.25) is 0 Å². The molecule has 0 aliphatic rings. The van der Waals surface area contributed by atoms with Crippen molar-refractivity contribution >= 4 is 0 Å². The van der Waals surface area contributed by atoms with Gasteiger partial charge in [-0.05, 0) is 24.6 Å². The van der Waals surface area contributed by atoms with Gasteiger partial charge in [0.1, 0.15) is 0 Å². The zero-order chi connectivity index (χ0) is 9.30. The molecule has 12 heavy (non-hydrogen) atoms. The Bertz CT molecular complexity index is 273. The lowest BCUT2D eigenvalue weighted by molar-refractivity contribution is 0.197. The smallest absolute Gasteiger partial charge is 0.194 e. The Kier molecular flexibility index (Phi) is 2.38. The van der Waals surface area contributed by atoms with Crippen molar-refractivity contribution in [1.82, 2.24) is 0 Å². The molecular weight excluding hydrogens is 169 g/mol. The summed E-state index contributed by atoms with van der Waals surface area (Å²) < 4.78 is 37.3. The standard InChI is InChI=1S/C8H7F3O/c1-4(12)5-2-6(9)8(11)7(10)3-5/h2-4,12H,1H3/t4-/m0/s1. The van der Waals surface area contributed by atoms with Crippen molar-refractivity contribution in [3.63, 3.8) is 0 Å². The molecule has 1 atom stereocenters. The average Bonchev–Trinajstić information content (AvgIpc) is 1.99. The molecule has 0 bridgehead atoms. The first-order valence-corrected chi connectivity index (χ1v) is 3.35. The first kappa shape index (κ1) is 9.06. The molecule has 1 aromatic rings. The molecule has 66 valence electrons. The predicted octanol–water partition coefficient (Wildman–Crippen LogP) is 2.16. The van der Waals surface area contributed by atoms with Crippen LogP contribution in [0.4, 0.5) is 13.2 Å². The fraction of sp³-hybridized carbons (Fsp3) is 0.250. The van der Waals surface area contributed by atoms with Crippen molar-refractivity contribution in [2.75, 3.05) is 0 Å². The van der Waals surface area contributed by atoms with Crippen LogP contribution >= 0.6 is 0 Å². The lowest BCUT2D eigenvalue weighted by Crippen LogP contribution is -1.97. The Hall–Kier alpha value is -1.03. The van der Waals surface area contributed by atoms with Gasteiger partial charge in [0.05, 0.1) is 6.10 Å². The summed E-state index contributed by atoms with van der Waals surface area (Å²) in [5, 5.41) is 8.91. The summed E-state index contributed by atoms with van der Waals surface area (Å²) in [5.41, 5.74) is 0.0198. The molecule has 0 heterocycles. The van der Waals surface area contributed by atoms with E-state index in [9.17, 15) is 13.2 Å². The molecule has 0 aliphatic heterocycles. The molecule has 0 amide bonds. The van der Waals surface area contributed by atoms with Crippen LogP contribution in [0.1, 0.15) is 18.6 Å². The van der Waals surface area contributed by atoms with Crippen molar-refractivity contribution in [2.24, 2.45) is 0 Å².